The molecule has 0 unspecified atom stereocenters. The molecule has 0 bridgehead atoms. The molecule has 112 valence electrons. The maximum atomic E-state index is 9.05. The standard InChI is InChI=1S/C17H22N2O2/c1-17(2,3)19-11-14-5-4-10-18-16(14)21-15-8-6-13(12-20)7-9-15/h4-10,19-20H,11-12H2,1-3H3. The first-order valence-corrected chi connectivity index (χ1v) is 7.04. The number of nitrogens with one attached hydrogen (secondary N) is 1. The van der Waals surface area contributed by atoms with Crippen molar-refractivity contribution in [1.29, 1.82) is 0 Å². The third kappa shape index (κ3) is 4.85. The molecule has 0 atom stereocenters. The van der Waals surface area contributed by atoms with Crippen LogP contribution in [0.3, 0.4) is 0 Å². The van der Waals surface area contributed by atoms with E-state index in [9.17, 15) is 0 Å². The zero-order valence-electron chi connectivity index (χ0n) is 12.8. The molecule has 2 N–H and O–H groups in total. The lowest BCUT2D eigenvalue weighted by Gasteiger charge is -2.21. The van der Waals surface area contributed by atoms with Crippen LogP contribution in [0, 0.1) is 0 Å². The molecular formula is C17H22N2O2. The van der Waals surface area contributed by atoms with Crippen molar-refractivity contribution < 1.29 is 9.84 Å². The van der Waals surface area contributed by atoms with Crippen LogP contribution in [0.4, 0.5) is 0 Å². The molecular weight excluding hydrogens is 264 g/mol. The predicted molar refractivity (Wildman–Crippen MR) is 83.3 cm³/mol. The molecule has 4 heteroatoms. The summed E-state index contributed by atoms with van der Waals surface area (Å²) in [5, 5.41) is 12.5. The molecule has 0 fully saturated rings. The van der Waals surface area contributed by atoms with E-state index in [1.54, 1.807) is 6.20 Å². The predicted octanol–water partition coefficient (Wildman–Crippen LogP) is 3.25. The van der Waals surface area contributed by atoms with Gasteiger partial charge < -0.3 is 15.2 Å². The highest BCUT2D eigenvalue weighted by atomic mass is 16.5. The second kappa shape index (κ2) is 6.70. The number of nitrogens with zero attached hydrogens (tertiary/aromatic N) is 1. The molecule has 0 aliphatic rings. The summed E-state index contributed by atoms with van der Waals surface area (Å²) in [6.45, 7) is 7.10. The normalized spacial score (nSPS) is 11.4. The van der Waals surface area contributed by atoms with Gasteiger partial charge in [-0.05, 0) is 44.5 Å². The van der Waals surface area contributed by atoms with Crippen molar-refractivity contribution in [3.8, 4) is 11.6 Å². The monoisotopic (exact) mass is 286 g/mol. The average Bonchev–Trinajstić information content (AvgIpc) is 2.46. The van der Waals surface area contributed by atoms with Gasteiger partial charge in [0.1, 0.15) is 5.75 Å². The van der Waals surface area contributed by atoms with Crippen LogP contribution in [0.25, 0.3) is 0 Å². The van der Waals surface area contributed by atoms with E-state index in [-0.39, 0.29) is 12.1 Å². The van der Waals surface area contributed by atoms with Gasteiger partial charge in [-0.1, -0.05) is 18.2 Å². The lowest BCUT2D eigenvalue weighted by Crippen LogP contribution is -2.35. The van der Waals surface area contributed by atoms with Crippen molar-refractivity contribution in [2.45, 2.75) is 39.5 Å². The Morgan fingerprint density at radius 1 is 1.14 bits per heavy atom. The first-order chi connectivity index (χ1) is 9.98. The summed E-state index contributed by atoms with van der Waals surface area (Å²) in [6.07, 6.45) is 1.72. The minimum atomic E-state index is 0.0324. The minimum Gasteiger partial charge on any atom is -0.439 e. The van der Waals surface area contributed by atoms with E-state index in [1.807, 2.05) is 36.4 Å². The zero-order valence-corrected chi connectivity index (χ0v) is 12.8. The highest BCUT2D eigenvalue weighted by molar-refractivity contribution is 5.33. The van der Waals surface area contributed by atoms with Gasteiger partial charge in [-0.3, -0.25) is 0 Å². The maximum Gasteiger partial charge on any atom is 0.223 e. The first kappa shape index (κ1) is 15.5. The Hall–Kier alpha value is -1.91. The molecule has 21 heavy (non-hydrogen) atoms. The van der Waals surface area contributed by atoms with E-state index < -0.39 is 0 Å². The van der Waals surface area contributed by atoms with E-state index in [4.69, 9.17) is 9.84 Å². The molecule has 0 saturated heterocycles. The average molecular weight is 286 g/mol. The summed E-state index contributed by atoms with van der Waals surface area (Å²) < 4.78 is 5.84. The van der Waals surface area contributed by atoms with Crippen LogP contribution in [-0.2, 0) is 13.2 Å². The number of aliphatic hydroxyl groups is 1. The van der Waals surface area contributed by atoms with E-state index in [0.717, 1.165) is 11.1 Å². The molecule has 2 aromatic rings. The summed E-state index contributed by atoms with van der Waals surface area (Å²) in [6, 6.07) is 11.3. The van der Waals surface area contributed by atoms with Crippen molar-refractivity contribution in [3.05, 3.63) is 53.7 Å². The number of benzene rings is 1. The Morgan fingerprint density at radius 2 is 1.86 bits per heavy atom. The van der Waals surface area contributed by atoms with Crippen molar-refractivity contribution in [2.24, 2.45) is 0 Å². The molecule has 0 spiro atoms. The Balaban J connectivity index is 2.11. The first-order valence-electron chi connectivity index (χ1n) is 7.04. The Labute approximate surface area is 125 Å². The van der Waals surface area contributed by atoms with Gasteiger partial charge in [0.25, 0.3) is 0 Å². The highest BCUT2D eigenvalue weighted by Gasteiger charge is 2.12. The summed E-state index contributed by atoms with van der Waals surface area (Å²) in [4.78, 5) is 4.31. The number of aromatic nitrogens is 1. The third-order valence-electron chi connectivity index (χ3n) is 2.98. The van der Waals surface area contributed by atoms with Gasteiger partial charge in [-0.2, -0.15) is 0 Å². The van der Waals surface area contributed by atoms with Crippen LogP contribution >= 0.6 is 0 Å². The van der Waals surface area contributed by atoms with E-state index in [2.05, 4.69) is 31.1 Å². The molecule has 1 heterocycles. The fourth-order valence-corrected chi connectivity index (χ4v) is 1.79. The fourth-order valence-electron chi connectivity index (χ4n) is 1.79. The Morgan fingerprint density at radius 3 is 2.48 bits per heavy atom. The van der Waals surface area contributed by atoms with Gasteiger partial charge in [0.15, 0.2) is 0 Å². The van der Waals surface area contributed by atoms with Gasteiger partial charge in [-0.15, -0.1) is 0 Å². The van der Waals surface area contributed by atoms with Gasteiger partial charge in [0.2, 0.25) is 5.88 Å². The third-order valence-corrected chi connectivity index (χ3v) is 2.98. The molecule has 1 aromatic carbocycles. The van der Waals surface area contributed by atoms with Crippen LogP contribution < -0.4 is 10.1 Å². The van der Waals surface area contributed by atoms with Gasteiger partial charge in [-0.25, -0.2) is 4.98 Å². The van der Waals surface area contributed by atoms with Gasteiger partial charge >= 0.3 is 0 Å². The molecule has 2 rings (SSSR count). The molecule has 0 aliphatic carbocycles. The van der Waals surface area contributed by atoms with Crippen molar-refractivity contribution >= 4 is 0 Å². The Bertz CT molecular complexity index is 574. The topological polar surface area (TPSA) is 54.4 Å². The SMILES string of the molecule is CC(C)(C)NCc1cccnc1Oc1ccc(CO)cc1. The fraction of sp³-hybridized carbons (Fsp3) is 0.353. The smallest absolute Gasteiger partial charge is 0.223 e. The molecule has 4 nitrogen and oxygen atoms in total. The number of aliphatic hydroxyl groups excluding tert-OH is 1. The van der Waals surface area contributed by atoms with E-state index in [1.165, 1.54) is 0 Å². The van der Waals surface area contributed by atoms with Gasteiger partial charge in [0, 0.05) is 23.8 Å². The lowest BCUT2D eigenvalue weighted by atomic mass is 10.1. The molecule has 1 aromatic heterocycles. The molecule has 0 radical (unpaired) electrons. The van der Waals surface area contributed by atoms with Crippen LogP contribution in [0.2, 0.25) is 0 Å². The minimum absolute atomic E-state index is 0.0324. The van der Waals surface area contributed by atoms with Crippen LogP contribution in [0.1, 0.15) is 31.9 Å². The van der Waals surface area contributed by atoms with E-state index >= 15 is 0 Å². The zero-order chi connectivity index (χ0) is 15.3. The van der Waals surface area contributed by atoms with Crippen molar-refractivity contribution in [3.63, 3.8) is 0 Å². The number of pyridine rings is 1. The van der Waals surface area contributed by atoms with Gasteiger partial charge in [0.05, 0.1) is 6.61 Å². The summed E-state index contributed by atoms with van der Waals surface area (Å²) in [5.74, 6) is 1.31. The molecule has 0 saturated carbocycles. The summed E-state index contributed by atoms with van der Waals surface area (Å²) in [7, 11) is 0. The van der Waals surface area contributed by atoms with Crippen LogP contribution in [0.15, 0.2) is 42.6 Å². The Kier molecular flexibility index (Phi) is 4.94. The van der Waals surface area contributed by atoms with E-state index in [0.29, 0.717) is 18.2 Å². The van der Waals surface area contributed by atoms with Crippen LogP contribution in [0.5, 0.6) is 11.6 Å². The summed E-state index contributed by atoms with van der Waals surface area (Å²) in [5.41, 5.74) is 1.91. The number of ether oxygens (including phenoxy) is 1. The molecule has 0 amide bonds. The number of hydrogen-bond donors (Lipinski definition) is 2. The summed E-state index contributed by atoms with van der Waals surface area (Å²) >= 11 is 0. The van der Waals surface area contributed by atoms with Crippen molar-refractivity contribution in [2.75, 3.05) is 0 Å². The number of hydrogen-bond acceptors (Lipinski definition) is 4. The largest absolute Gasteiger partial charge is 0.439 e. The van der Waals surface area contributed by atoms with Crippen molar-refractivity contribution in [1.82, 2.24) is 10.3 Å². The second-order valence-electron chi connectivity index (χ2n) is 5.98. The maximum absolute atomic E-state index is 9.05. The highest BCUT2D eigenvalue weighted by Crippen LogP contribution is 2.23. The second-order valence-corrected chi connectivity index (χ2v) is 5.98. The lowest BCUT2D eigenvalue weighted by molar-refractivity contribution is 0.281. The quantitative estimate of drug-likeness (QED) is 0.886. The van der Waals surface area contributed by atoms with Crippen LogP contribution in [-0.4, -0.2) is 15.6 Å². The number of rotatable bonds is 5. The molecule has 0 aliphatic heterocycles.